The van der Waals surface area contributed by atoms with Crippen LogP contribution in [0.2, 0.25) is 0 Å². The van der Waals surface area contributed by atoms with Crippen LogP contribution in [0.5, 0.6) is 0 Å². The Kier molecular flexibility index (Phi) is 5.31. The normalized spacial score (nSPS) is 23.7. The third-order valence-corrected chi connectivity index (χ3v) is 7.71. The first-order chi connectivity index (χ1) is 12.9. The number of carboxylic acids is 1. The maximum Gasteiger partial charge on any atom is 0.303 e. The fourth-order valence-electron chi connectivity index (χ4n) is 4.39. The Morgan fingerprint density at radius 1 is 1.11 bits per heavy atom. The lowest BCUT2D eigenvalue weighted by Crippen LogP contribution is -2.35. The summed E-state index contributed by atoms with van der Waals surface area (Å²) in [5, 5.41) is 8.80. The Balaban J connectivity index is 1.47. The minimum absolute atomic E-state index is 0.252. The zero-order chi connectivity index (χ0) is 19.0. The van der Waals surface area contributed by atoms with Crippen LogP contribution < -0.4 is 4.90 Å². The highest BCUT2D eigenvalue weighted by atomic mass is 32.3. The second-order valence-electron chi connectivity index (χ2n) is 8.27. The molecule has 0 aromatic carbocycles. The summed E-state index contributed by atoms with van der Waals surface area (Å²) in [5.41, 5.74) is 1.77. The molecule has 1 aromatic rings. The molecule has 1 aliphatic carbocycles. The van der Waals surface area contributed by atoms with Gasteiger partial charge in [0, 0.05) is 31.0 Å². The maximum absolute atomic E-state index is 10.7. The smallest absolute Gasteiger partial charge is 0.303 e. The molecule has 1 saturated carbocycles. The van der Waals surface area contributed by atoms with Crippen LogP contribution in [0.15, 0.2) is 0 Å². The highest BCUT2D eigenvalue weighted by molar-refractivity contribution is 8.23. The van der Waals surface area contributed by atoms with E-state index in [1.807, 2.05) is 0 Å². The number of anilines is 1. The summed E-state index contributed by atoms with van der Waals surface area (Å²) in [5.74, 6) is 2.63. The van der Waals surface area contributed by atoms with E-state index in [1.54, 1.807) is 0 Å². The van der Waals surface area contributed by atoms with E-state index in [-0.39, 0.29) is 17.9 Å². The molecule has 0 unspecified atom stereocenters. The van der Waals surface area contributed by atoms with E-state index in [9.17, 15) is 13.9 Å². The fraction of sp³-hybridized carbons (Fsp3) is 0.737. The molecule has 2 aliphatic heterocycles. The van der Waals surface area contributed by atoms with Gasteiger partial charge in [-0.1, -0.05) is 6.42 Å². The van der Waals surface area contributed by atoms with Gasteiger partial charge in [-0.25, -0.2) is 9.97 Å². The van der Waals surface area contributed by atoms with E-state index in [1.165, 1.54) is 6.42 Å². The molecule has 3 N–H and O–H groups in total. The summed E-state index contributed by atoms with van der Waals surface area (Å²) < 4.78 is 20.5. The lowest BCUT2D eigenvalue weighted by molar-refractivity contribution is -0.137. The molecule has 0 bridgehead atoms. The van der Waals surface area contributed by atoms with Gasteiger partial charge >= 0.3 is 5.97 Å². The average Bonchev–Trinajstić information content (AvgIpc) is 2.87. The summed E-state index contributed by atoms with van der Waals surface area (Å²) in [6.07, 6.45) is 7.51. The monoisotopic (exact) mass is 395 g/mol. The maximum atomic E-state index is 10.7. The van der Waals surface area contributed by atoms with E-state index in [0.29, 0.717) is 11.8 Å². The van der Waals surface area contributed by atoms with E-state index >= 15 is 0 Å². The minimum atomic E-state index is -2.61. The quantitative estimate of drug-likeness (QED) is 0.669. The zero-order valence-electron chi connectivity index (χ0n) is 15.6. The number of piperidine rings is 1. The van der Waals surface area contributed by atoms with Crippen molar-refractivity contribution in [3.05, 3.63) is 17.1 Å². The van der Waals surface area contributed by atoms with E-state index in [2.05, 4.69) is 4.90 Å². The topological polar surface area (TPSA) is 107 Å². The van der Waals surface area contributed by atoms with Crippen LogP contribution in [0.1, 0.15) is 74.4 Å². The molecule has 3 heterocycles. The molecule has 4 rings (SSSR count). The van der Waals surface area contributed by atoms with Crippen LogP contribution in [0.25, 0.3) is 0 Å². The third-order valence-electron chi connectivity index (χ3n) is 6.22. The number of hydrogen-bond acceptors (Lipinski definition) is 6. The van der Waals surface area contributed by atoms with Gasteiger partial charge in [0.15, 0.2) is 0 Å². The van der Waals surface area contributed by atoms with E-state index in [0.717, 1.165) is 74.5 Å². The standard InChI is InChI=1S/C19H29N3O4S/c23-17(24)6-1-3-13-7-9-22(10-8-13)19-15-11-27(25,26)12-16(15)20-18(21-19)14-4-2-5-14/h13-14,25-26H,1-12H2,(H,23,24). The summed E-state index contributed by atoms with van der Waals surface area (Å²) in [6.45, 7) is 1.79. The van der Waals surface area contributed by atoms with E-state index < -0.39 is 16.6 Å². The van der Waals surface area contributed by atoms with Crippen molar-refractivity contribution in [2.24, 2.45) is 5.92 Å². The highest BCUT2D eigenvalue weighted by Crippen LogP contribution is 2.54. The Labute approximate surface area is 161 Å². The molecule has 27 heavy (non-hydrogen) atoms. The summed E-state index contributed by atoms with van der Waals surface area (Å²) in [7, 11) is -2.61. The molecule has 1 aromatic heterocycles. The first-order valence-corrected chi connectivity index (χ1v) is 11.9. The Morgan fingerprint density at radius 2 is 1.85 bits per heavy atom. The highest BCUT2D eigenvalue weighted by Gasteiger charge is 2.35. The van der Waals surface area contributed by atoms with Crippen molar-refractivity contribution in [2.45, 2.75) is 68.8 Å². The van der Waals surface area contributed by atoms with Gasteiger partial charge in [0.1, 0.15) is 11.6 Å². The predicted molar refractivity (Wildman–Crippen MR) is 105 cm³/mol. The van der Waals surface area contributed by atoms with Crippen LogP contribution in [0.3, 0.4) is 0 Å². The van der Waals surface area contributed by atoms with Crippen molar-refractivity contribution in [2.75, 3.05) is 18.0 Å². The van der Waals surface area contributed by atoms with Gasteiger partial charge in [-0.05, 0) is 44.4 Å². The number of hydrogen-bond donors (Lipinski definition) is 3. The Hall–Kier alpha value is -1.38. The van der Waals surface area contributed by atoms with Crippen LogP contribution in [-0.2, 0) is 16.3 Å². The van der Waals surface area contributed by atoms with Crippen LogP contribution >= 0.6 is 10.6 Å². The van der Waals surface area contributed by atoms with Crippen LogP contribution in [-0.4, -0.2) is 43.2 Å². The number of carboxylic acid groups (broad SMARTS) is 1. The van der Waals surface area contributed by atoms with Crippen molar-refractivity contribution >= 4 is 22.4 Å². The van der Waals surface area contributed by atoms with Crippen molar-refractivity contribution in [3.8, 4) is 0 Å². The first-order valence-electron chi connectivity index (χ1n) is 10.0. The molecule has 1 saturated heterocycles. The minimum Gasteiger partial charge on any atom is -0.481 e. The SMILES string of the molecule is O=C(O)CCCC1CCN(c2nc(C3CCC3)nc3c2CS(O)(O)C3)CC1. The van der Waals surface area contributed by atoms with Gasteiger partial charge in [-0.15, -0.1) is 0 Å². The van der Waals surface area contributed by atoms with Crippen molar-refractivity contribution in [1.29, 1.82) is 0 Å². The fourth-order valence-corrected chi connectivity index (χ4v) is 5.93. The van der Waals surface area contributed by atoms with Gasteiger partial charge in [-0.3, -0.25) is 13.9 Å². The molecule has 0 amide bonds. The lowest BCUT2D eigenvalue weighted by Gasteiger charge is -2.35. The number of aromatic nitrogens is 2. The average molecular weight is 396 g/mol. The summed E-state index contributed by atoms with van der Waals surface area (Å²) in [4.78, 5) is 22.6. The lowest BCUT2D eigenvalue weighted by atomic mass is 9.84. The number of rotatable bonds is 6. The Morgan fingerprint density at radius 3 is 2.48 bits per heavy atom. The molecule has 7 nitrogen and oxygen atoms in total. The third kappa shape index (κ3) is 4.22. The molecule has 2 fully saturated rings. The van der Waals surface area contributed by atoms with Gasteiger partial charge in [-0.2, -0.15) is 10.6 Å². The molecule has 3 aliphatic rings. The van der Waals surface area contributed by atoms with Crippen molar-refractivity contribution in [3.63, 3.8) is 0 Å². The van der Waals surface area contributed by atoms with Gasteiger partial charge in [0.2, 0.25) is 0 Å². The zero-order valence-corrected chi connectivity index (χ0v) is 16.5. The number of aliphatic carboxylic acids is 1. The number of fused-ring (bicyclic) bond motifs is 1. The van der Waals surface area contributed by atoms with Crippen molar-refractivity contribution < 1.29 is 19.0 Å². The Bertz CT molecular complexity index is 715. The number of carbonyl (C=O) groups is 1. The number of nitrogens with zero attached hydrogens (tertiary/aromatic N) is 3. The van der Waals surface area contributed by atoms with Gasteiger partial charge < -0.3 is 10.0 Å². The van der Waals surface area contributed by atoms with Crippen LogP contribution in [0.4, 0.5) is 5.82 Å². The second-order valence-corrected chi connectivity index (χ2v) is 10.4. The molecular weight excluding hydrogens is 366 g/mol. The van der Waals surface area contributed by atoms with Crippen LogP contribution in [0, 0.1) is 5.92 Å². The molecule has 8 heteroatoms. The first kappa shape index (κ1) is 19.0. The molecule has 150 valence electrons. The molecule has 0 spiro atoms. The second kappa shape index (κ2) is 7.56. The summed E-state index contributed by atoms with van der Waals surface area (Å²) >= 11 is 0. The van der Waals surface area contributed by atoms with Gasteiger partial charge in [0.25, 0.3) is 0 Å². The summed E-state index contributed by atoms with van der Waals surface area (Å²) in [6, 6.07) is 0. The molecule has 0 atom stereocenters. The molecule has 0 radical (unpaired) electrons. The largest absolute Gasteiger partial charge is 0.481 e. The predicted octanol–water partition coefficient (Wildman–Crippen LogP) is 3.98. The molecular formula is C19H29N3O4S. The van der Waals surface area contributed by atoms with Gasteiger partial charge in [0.05, 0.1) is 17.2 Å². The van der Waals surface area contributed by atoms with Crippen molar-refractivity contribution in [1.82, 2.24) is 9.97 Å². The van der Waals surface area contributed by atoms with E-state index in [4.69, 9.17) is 15.1 Å².